The number of hydrogen-bond acceptors (Lipinski definition) is 10. The van der Waals surface area contributed by atoms with Gasteiger partial charge in [-0.2, -0.15) is 4.31 Å². The number of ether oxygens (including phenoxy) is 1. The molecule has 13 nitrogen and oxygen atoms in total. The highest BCUT2D eigenvalue weighted by Crippen LogP contribution is 2.57. The summed E-state index contributed by atoms with van der Waals surface area (Å²) in [5, 5.41) is 19.9. The predicted molar refractivity (Wildman–Crippen MR) is 79.7 cm³/mol. The number of aliphatic hydroxyl groups is 2. The fourth-order valence-corrected chi connectivity index (χ4v) is 3.79. The molecule has 1 fully saturated rings. The molecule has 25 heavy (non-hydrogen) atoms. The summed E-state index contributed by atoms with van der Waals surface area (Å²) in [7, 11) is -10.3. The maximum absolute atomic E-state index is 11.4. The van der Waals surface area contributed by atoms with Crippen molar-refractivity contribution < 1.29 is 47.6 Å². The van der Waals surface area contributed by atoms with E-state index in [9.17, 15) is 24.2 Å². The van der Waals surface area contributed by atoms with Crippen molar-refractivity contribution in [1.82, 2.24) is 9.97 Å². The summed E-state index contributed by atoms with van der Waals surface area (Å²) in [4.78, 5) is 33.8. The average Bonchev–Trinajstić information content (AvgIpc) is 2.71. The molecule has 5 unspecified atom stereocenters. The Bertz CT molecular complexity index is 699. The van der Waals surface area contributed by atoms with Crippen LogP contribution in [0.1, 0.15) is 5.69 Å². The lowest BCUT2D eigenvalue weighted by molar-refractivity contribution is -0.0213. The number of nitrogen functional groups attached to an aromatic ring is 1. The van der Waals surface area contributed by atoms with Crippen LogP contribution in [0.2, 0.25) is 0 Å². The first kappa shape index (κ1) is 20.3. The molecule has 0 saturated carbocycles. The summed E-state index contributed by atoms with van der Waals surface area (Å²) in [6, 6.07) is 1.45. The van der Waals surface area contributed by atoms with Crippen LogP contribution in [0, 0.1) is 0 Å². The van der Waals surface area contributed by atoms with E-state index in [4.69, 9.17) is 20.3 Å². The van der Waals surface area contributed by atoms with E-state index in [-0.39, 0.29) is 12.2 Å². The summed E-state index contributed by atoms with van der Waals surface area (Å²) in [5.41, 5.74) is 5.94. The molecule has 1 aromatic heterocycles. The minimum atomic E-state index is -5.26. The molecule has 1 saturated heterocycles. The summed E-state index contributed by atoms with van der Waals surface area (Å²) < 4.78 is 35.3. The standard InChI is InChI=1S/C10H17N3O10P2/c11-8-2-5(12-4-13-8)1-6-9(14)10(15)7(22-6)3-21-25(19,20)23-24(16,17)18/h2,4,6-7,9-10,14-15H,1,3H2,(H,19,20)(H2,11,12,13)(H2,16,17,18). The second-order valence-corrected chi connectivity index (χ2v) is 8.00. The van der Waals surface area contributed by atoms with Crippen LogP contribution in [0.3, 0.4) is 0 Å². The van der Waals surface area contributed by atoms with E-state index in [1.165, 1.54) is 12.4 Å². The van der Waals surface area contributed by atoms with Crippen molar-refractivity contribution in [2.45, 2.75) is 30.8 Å². The predicted octanol–water partition coefficient (Wildman–Crippen LogP) is -1.68. The molecule has 2 heterocycles. The second kappa shape index (κ2) is 7.72. The number of rotatable bonds is 7. The van der Waals surface area contributed by atoms with Gasteiger partial charge in [-0.1, -0.05) is 0 Å². The molecular formula is C10H17N3O10P2. The van der Waals surface area contributed by atoms with Gasteiger partial charge in [0.15, 0.2) is 0 Å². The number of anilines is 1. The quantitative estimate of drug-likeness (QED) is 0.282. The van der Waals surface area contributed by atoms with Crippen molar-refractivity contribution in [3.8, 4) is 0 Å². The van der Waals surface area contributed by atoms with Crippen LogP contribution < -0.4 is 5.73 Å². The molecule has 0 aliphatic carbocycles. The third-order valence-corrected chi connectivity index (χ3v) is 5.38. The van der Waals surface area contributed by atoms with Crippen LogP contribution in [0.4, 0.5) is 5.82 Å². The lowest BCUT2D eigenvalue weighted by Gasteiger charge is -2.17. The zero-order valence-corrected chi connectivity index (χ0v) is 14.3. The maximum Gasteiger partial charge on any atom is 0.481 e. The van der Waals surface area contributed by atoms with E-state index >= 15 is 0 Å². The van der Waals surface area contributed by atoms with E-state index in [2.05, 4.69) is 18.8 Å². The molecule has 7 N–H and O–H groups in total. The molecule has 0 radical (unpaired) electrons. The van der Waals surface area contributed by atoms with Gasteiger partial charge in [-0.15, -0.1) is 0 Å². The summed E-state index contributed by atoms with van der Waals surface area (Å²) in [5.74, 6) is 0.203. The Labute approximate surface area is 141 Å². The van der Waals surface area contributed by atoms with E-state index in [1.54, 1.807) is 0 Å². The molecule has 142 valence electrons. The lowest BCUT2D eigenvalue weighted by atomic mass is 10.0. The molecule has 15 heteroatoms. The van der Waals surface area contributed by atoms with Gasteiger partial charge in [0.05, 0.1) is 12.7 Å². The van der Waals surface area contributed by atoms with Gasteiger partial charge < -0.3 is 35.4 Å². The molecular weight excluding hydrogens is 384 g/mol. The minimum Gasteiger partial charge on any atom is -0.388 e. The third-order valence-electron chi connectivity index (χ3n) is 3.23. The van der Waals surface area contributed by atoms with Crippen LogP contribution in [0.15, 0.2) is 12.4 Å². The van der Waals surface area contributed by atoms with Gasteiger partial charge in [0.25, 0.3) is 0 Å². The van der Waals surface area contributed by atoms with Gasteiger partial charge in [0.2, 0.25) is 0 Å². The number of aromatic nitrogens is 2. The highest BCUT2D eigenvalue weighted by Gasteiger charge is 2.44. The molecule has 0 spiro atoms. The normalized spacial score (nSPS) is 29.5. The van der Waals surface area contributed by atoms with Crippen LogP contribution in [-0.4, -0.2) is 65.9 Å². The average molecular weight is 401 g/mol. The number of phosphoric ester groups is 1. The van der Waals surface area contributed by atoms with Crippen LogP contribution in [0.5, 0.6) is 0 Å². The SMILES string of the molecule is Nc1cc(CC2OC(COP(=O)(O)OP(=O)(O)O)C(O)C2O)ncn1. The summed E-state index contributed by atoms with van der Waals surface area (Å²) in [6.07, 6.45) is -3.70. The highest BCUT2D eigenvalue weighted by molar-refractivity contribution is 7.60. The first-order valence-electron chi connectivity index (χ1n) is 6.79. The Balaban J connectivity index is 1.95. The van der Waals surface area contributed by atoms with Crippen molar-refractivity contribution in [2.75, 3.05) is 12.3 Å². The molecule has 2 rings (SSSR count). The number of phosphoric acid groups is 2. The smallest absolute Gasteiger partial charge is 0.388 e. The Morgan fingerprint density at radius 2 is 1.80 bits per heavy atom. The zero-order valence-electron chi connectivity index (χ0n) is 12.5. The van der Waals surface area contributed by atoms with Crippen molar-refractivity contribution in [1.29, 1.82) is 0 Å². The van der Waals surface area contributed by atoms with E-state index in [0.717, 1.165) is 0 Å². The lowest BCUT2D eigenvalue weighted by Crippen LogP contribution is -2.34. The summed E-state index contributed by atoms with van der Waals surface area (Å²) in [6.45, 7) is -0.756. The number of nitrogens with zero attached hydrogens (tertiary/aromatic N) is 2. The van der Waals surface area contributed by atoms with E-state index in [0.29, 0.717) is 5.69 Å². The monoisotopic (exact) mass is 401 g/mol. The molecule has 0 amide bonds. The second-order valence-electron chi connectivity index (χ2n) is 5.17. The molecule has 0 bridgehead atoms. The first-order chi connectivity index (χ1) is 11.5. The number of aliphatic hydroxyl groups excluding tert-OH is 2. The molecule has 1 aromatic rings. The van der Waals surface area contributed by atoms with Gasteiger partial charge >= 0.3 is 15.6 Å². The van der Waals surface area contributed by atoms with Gasteiger partial charge in [-0.05, 0) is 0 Å². The Morgan fingerprint density at radius 3 is 2.40 bits per heavy atom. The summed E-state index contributed by atoms with van der Waals surface area (Å²) >= 11 is 0. The van der Waals surface area contributed by atoms with E-state index in [1.807, 2.05) is 0 Å². The molecule has 1 aliphatic heterocycles. The van der Waals surface area contributed by atoms with Crippen LogP contribution in [-0.2, 0) is 29.1 Å². The minimum absolute atomic E-state index is 0.0667. The molecule has 0 aromatic carbocycles. The Morgan fingerprint density at radius 1 is 1.16 bits per heavy atom. The molecule has 5 atom stereocenters. The Kier molecular flexibility index (Phi) is 6.28. The third kappa shape index (κ3) is 6.04. The van der Waals surface area contributed by atoms with Gasteiger partial charge in [-0.3, -0.25) is 4.52 Å². The number of hydrogen-bond donors (Lipinski definition) is 6. The fourth-order valence-electron chi connectivity index (χ4n) is 2.19. The van der Waals surface area contributed by atoms with Crippen molar-refractivity contribution in [2.24, 2.45) is 0 Å². The van der Waals surface area contributed by atoms with Crippen LogP contribution >= 0.6 is 15.6 Å². The van der Waals surface area contributed by atoms with Crippen molar-refractivity contribution in [3.63, 3.8) is 0 Å². The molecule has 1 aliphatic rings. The van der Waals surface area contributed by atoms with Crippen molar-refractivity contribution >= 4 is 21.5 Å². The maximum atomic E-state index is 11.4. The van der Waals surface area contributed by atoms with Gasteiger partial charge in [-0.25, -0.2) is 19.1 Å². The highest BCUT2D eigenvalue weighted by atomic mass is 31.3. The largest absolute Gasteiger partial charge is 0.481 e. The first-order valence-corrected chi connectivity index (χ1v) is 9.81. The fraction of sp³-hybridized carbons (Fsp3) is 0.600. The van der Waals surface area contributed by atoms with Gasteiger partial charge in [0, 0.05) is 18.2 Å². The van der Waals surface area contributed by atoms with Crippen LogP contribution in [0.25, 0.3) is 0 Å². The topological polar surface area (TPSA) is 215 Å². The number of nitrogens with two attached hydrogens (primary N) is 1. The van der Waals surface area contributed by atoms with Gasteiger partial charge in [0.1, 0.15) is 30.5 Å². The van der Waals surface area contributed by atoms with E-state index < -0.39 is 46.7 Å². The Hall–Kier alpha value is -0.980. The zero-order chi connectivity index (χ0) is 18.8. The van der Waals surface area contributed by atoms with Crippen molar-refractivity contribution in [3.05, 3.63) is 18.1 Å².